The van der Waals surface area contributed by atoms with Crippen LogP contribution in [0.25, 0.3) is 0 Å². The molecule has 0 radical (unpaired) electrons. The second-order valence-electron chi connectivity index (χ2n) is 7.19. The first-order chi connectivity index (χ1) is 14.5. The van der Waals surface area contributed by atoms with E-state index in [2.05, 4.69) is 10.6 Å². The van der Waals surface area contributed by atoms with E-state index >= 15 is 0 Å². The van der Waals surface area contributed by atoms with Crippen molar-refractivity contribution in [2.45, 2.75) is 12.8 Å². The van der Waals surface area contributed by atoms with Gasteiger partial charge in [0.05, 0.1) is 0 Å². The molecule has 2 aliphatic rings. The molecule has 0 bridgehead atoms. The Labute approximate surface area is 171 Å². The Morgan fingerprint density at radius 1 is 0.733 bits per heavy atom. The molecule has 0 aromatic heterocycles. The standard InChI is InChI=1S/C18H21N4O7P/c23-15-11-13(17(15)25)21(5-1-3-19-11)7-9-28-30(27)29-10-8-22-6-2-4-20-12-14(22)18(26)16(12)24/h1-10H2,(H-,19,20,25,26)/p+1. The molecule has 2 aromatic rings. The van der Waals surface area contributed by atoms with Gasteiger partial charge in [-0.1, -0.05) is 0 Å². The van der Waals surface area contributed by atoms with Crippen molar-refractivity contribution in [3.8, 4) is 0 Å². The fourth-order valence-corrected chi connectivity index (χ4v) is 4.35. The molecule has 0 unspecified atom stereocenters. The molecule has 2 N–H and O–H groups in total. The molecule has 0 atom stereocenters. The minimum absolute atomic E-state index is 0.0728. The third kappa shape index (κ3) is 3.76. The third-order valence-electron chi connectivity index (χ3n) is 5.33. The van der Waals surface area contributed by atoms with Crippen molar-refractivity contribution in [1.29, 1.82) is 0 Å². The smallest absolute Gasteiger partial charge is 0.380 e. The first kappa shape index (κ1) is 20.6. The molecule has 2 aliphatic heterocycles. The highest BCUT2D eigenvalue weighted by atomic mass is 31.1. The number of hydrogen-bond donors (Lipinski definition) is 2. The van der Waals surface area contributed by atoms with Crippen molar-refractivity contribution < 1.29 is 13.6 Å². The van der Waals surface area contributed by atoms with Crippen LogP contribution in [0.2, 0.25) is 0 Å². The Bertz CT molecular complexity index is 1010. The van der Waals surface area contributed by atoms with Crippen LogP contribution in [0.4, 0.5) is 22.7 Å². The van der Waals surface area contributed by atoms with Gasteiger partial charge in [-0.2, -0.15) is 0 Å². The van der Waals surface area contributed by atoms with Gasteiger partial charge < -0.3 is 20.4 Å². The summed E-state index contributed by atoms with van der Waals surface area (Å²) in [6, 6.07) is 0. The Morgan fingerprint density at radius 2 is 1.17 bits per heavy atom. The lowest BCUT2D eigenvalue weighted by Gasteiger charge is -2.23. The predicted molar refractivity (Wildman–Crippen MR) is 113 cm³/mol. The quantitative estimate of drug-likeness (QED) is 0.409. The van der Waals surface area contributed by atoms with Crippen molar-refractivity contribution in [2.24, 2.45) is 0 Å². The van der Waals surface area contributed by atoms with Crippen LogP contribution in [0.5, 0.6) is 0 Å². The van der Waals surface area contributed by atoms with Crippen molar-refractivity contribution in [1.82, 2.24) is 0 Å². The van der Waals surface area contributed by atoms with Crippen LogP contribution in [-0.2, 0) is 13.6 Å². The summed E-state index contributed by atoms with van der Waals surface area (Å²) in [5, 5.41) is 5.92. The number of fused-ring (bicyclic) bond motifs is 2. The summed E-state index contributed by atoms with van der Waals surface area (Å²) in [5.41, 5.74) is -0.576. The summed E-state index contributed by atoms with van der Waals surface area (Å²) in [6.07, 6.45) is 1.53. The monoisotopic (exact) mass is 437 g/mol. The zero-order valence-electron chi connectivity index (χ0n) is 16.3. The maximum atomic E-state index is 12.0. The number of rotatable bonds is 8. The molecule has 160 valence electrons. The summed E-state index contributed by atoms with van der Waals surface area (Å²) < 4.78 is 22.4. The van der Waals surface area contributed by atoms with Crippen molar-refractivity contribution >= 4 is 31.0 Å². The van der Waals surface area contributed by atoms with E-state index < -0.39 is 30.0 Å². The average molecular weight is 437 g/mol. The van der Waals surface area contributed by atoms with E-state index in [4.69, 9.17) is 9.05 Å². The van der Waals surface area contributed by atoms with Gasteiger partial charge in [0.1, 0.15) is 36.0 Å². The second kappa shape index (κ2) is 8.63. The molecule has 0 amide bonds. The largest absolute Gasteiger partial charge is 0.697 e. The molecular formula is C18H22N4O7P+. The molecule has 2 aromatic carbocycles. The van der Waals surface area contributed by atoms with Gasteiger partial charge in [-0.3, -0.25) is 19.2 Å². The van der Waals surface area contributed by atoms with Crippen molar-refractivity contribution in [2.75, 3.05) is 72.9 Å². The van der Waals surface area contributed by atoms with E-state index in [9.17, 15) is 23.7 Å². The summed E-state index contributed by atoms with van der Waals surface area (Å²) >= 11 is 0. The van der Waals surface area contributed by atoms with Crippen LogP contribution < -0.4 is 42.1 Å². The Balaban J connectivity index is 1.22. The number of nitrogens with zero attached hydrogens (tertiary/aromatic N) is 2. The zero-order valence-corrected chi connectivity index (χ0v) is 17.2. The Morgan fingerprint density at radius 3 is 1.60 bits per heavy atom. The molecule has 12 heteroatoms. The SMILES string of the molecule is O=c1c2c(c1=O)N(CCO[P+](=O)OCCN1CCCNc3c1c(=O)c3=O)CCCN2. The van der Waals surface area contributed by atoms with Crippen LogP contribution in [0.15, 0.2) is 19.2 Å². The average Bonchev–Trinajstić information content (AvgIpc) is 3.06. The van der Waals surface area contributed by atoms with E-state index in [1.54, 1.807) is 9.80 Å². The highest BCUT2D eigenvalue weighted by molar-refractivity contribution is 7.33. The minimum atomic E-state index is -2.37. The van der Waals surface area contributed by atoms with E-state index in [1.165, 1.54) is 0 Å². The highest BCUT2D eigenvalue weighted by Crippen LogP contribution is 2.27. The van der Waals surface area contributed by atoms with Crippen LogP contribution in [-0.4, -0.2) is 52.5 Å². The minimum Gasteiger partial charge on any atom is -0.380 e. The van der Waals surface area contributed by atoms with Gasteiger partial charge >= 0.3 is 8.25 Å². The molecule has 0 aliphatic carbocycles. The van der Waals surface area contributed by atoms with Gasteiger partial charge in [-0.05, 0) is 12.8 Å². The molecule has 0 spiro atoms. The molecule has 11 nitrogen and oxygen atoms in total. The van der Waals surface area contributed by atoms with E-state index in [0.717, 1.165) is 12.8 Å². The lowest BCUT2D eigenvalue weighted by atomic mass is 10.1. The van der Waals surface area contributed by atoms with Gasteiger partial charge in [0, 0.05) is 43.8 Å². The number of anilines is 4. The molecule has 4 rings (SSSR count). The van der Waals surface area contributed by atoms with Gasteiger partial charge in [0.15, 0.2) is 0 Å². The van der Waals surface area contributed by atoms with Gasteiger partial charge in [-0.25, -0.2) is 0 Å². The summed E-state index contributed by atoms with van der Waals surface area (Å²) in [6.45, 7) is 3.20. The maximum absolute atomic E-state index is 12.0. The van der Waals surface area contributed by atoms with Gasteiger partial charge in [-0.15, -0.1) is 9.05 Å². The van der Waals surface area contributed by atoms with Gasteiger partial charge in [0.25, 0.3) is 21.7 Å². The lowest BCUT2D eigenvalue weighted by Crippen LogP contribution is -2.42. The van der Waals surface area contributed by atoms with Crippen molar-refractivity contribution in [3.05, 3.63) is 40.9 Å². The van der Waals surface area contributed by atoms with Crippen LogP contribution >= 0.6 is 8.25 Å². The molecular weight excluding hydrogens is 415 g/mol. The second-order valence-corrected chi connectivity index (χ2v) is 8.15. The molecule has 0 saturated carbocycles. The lowest BCUT2D eigenvalue weighted by molar-refractivity contribution is 0.232. The van der Waals surface area contributed by atoms with Crippen LogP contribution in [0, 0.1) is 0 Å². The summed E-state index contributed by atoms with van der Waals surface area (Å²) in [5.74, 6) is 0. The molecule has 0 fully saturated rings. The first-order valence-electron chi connectivity index (χ1n) is 9.86. The number of hydrogen-bond acceptors (Lipinski definition) is 11. The molecule has 30 heavy (non-hydrogen) atoms. The normalized spacial score (nSPS) is 16.4. The third-order valence-corrected chi connectivity index (χ3v) is 6.12. The fraction of sp³-hybridized carbons (Fsp3) is 0.556. The molecule has 0 saturated heterocycles. The highest BCUT2D eigenvalue weighted by Gasteiger charge is 2.30. The maximum Gasteiger partial charge on any atom is 0.697 e. The van der Waals surface area contributed by atoms with E-state index in [1.807, 2.05) is 0 Å². The van der Waals surface area contributed by atoms with Crippen LogP contribution in [0.1, 0.15) is 12.8 Å². The van der Waals surface area contributed by atoms with E-state index in [0.29, 0.717) is 62.0 Å². The first-order valence-corrected chi connectivity index (χ1v) is 11.0. The Kier molecular flexibility index (Phi) is 5.94. The molecule has 2 heterocycles. The fourth-order valence-electron chi connectivity index (χ4n) is 3.82. The van der Waals surface area contributed by atoms with Crippen molar-refractivity contribution in [3.63, 3.8) is 0 Å². The predicted octanol–water partition coefficient (Wildman–Crippen LogP) is -0.487. The summed E-state index contributed by atoms with van der Waals surface area (Å²) in [7, 11) is -2.37. The number of nitrogens with one attached hydrogen (secondary N) is 2. The zero-order chi connectivity index (χ0) is 21.3. The topological polar surface area (TPSA) is 134 Å². The van der Waals surface area contributed by atoms with Gasteiger partial charge in [0.2, 0.25) is 0 Å². The van der Waals surface area contributed by atoms with Crippen LogP contribution in [0.3, 0.4) is 0 Å². The van der Waals surface area contributed by atoms with E-state index in [-0.39, 0.29) is 13.2 Å². The summed E-state index contributed by atoms with van der Waals surface area (Å²) in [4.78, 5) is 50.3. The Hall–Kier alpha value is -2.62.